The molecule has 0 bridgehead atoms. The lowest BCUT2D eigenvalue weighted by Crippen LogP contribution is -2.43. The molecule has 0 rings (SSSR count). The van der Waals surface area contributed by atoms with Gasteiger partial charge in [0.25, 0.3) is 0 Å². The van der Waals surface area contributed by atoms with Crippen LogP contribution in [0.25, 0.3) is 0 Å². The van der Waals surface area contributed by atoms with Crippen molar-refractivity contribution < 1.29 is 4.43 Å². The Morgan fingerprint density at radius 3 is 2.09 bits per heavy atom. The Hall–Kier alpha value is -0.746. The fourth-order valence-corrected chi connectivity index (χ4v) is 3.20. The van der Waals surface area contributed by atoms with Gasteiger partial charge in [0.15, 0.2) is 8.32 Å². The summed E-state index contributed by atoms with van der Waals surface area (Å²) in [5.41, 5.74) is 3.36. The molecule has 0 N–H and O–H groups in total. The van der Waals surface area contributed by atoms with Crippen LogP contribution in [0.1, 0.15) is 40.5 Å². The molecule has 0 amide bonds. The van der Waals surface area contributed by atoms with E-state index in [-0.39, 0.29) is 11.1 Å². The summed E-state index contributed by atoms with van der Waals surface area (Å²) in [6, 6.07) is 0. The second-order valence-electron chi connectivity index (χ2n) is 8.21. The number of rotatable bonds is 4. The Balaban J connectivity index is 5.05. The molecule has 1 atom stereocenters. The van der Waals surface area contributed by atoms with Gasteiger partial charge in [-0.3, -0.25) is 0 Å². The van der Waals surface area contributed by atoms with Crippen molar-refractivity contribution >= 4 is 16.4 Å². The van der Waals surface area contributed by atoms with Crippen molar-refractivity contribution in [2.45, 2.75) is 84.4 Å². The Morgan fingerprint density at radius 2 is 1.64 bits per heavy atom. The average Bonchev–Trinajstić information content (AvgIpc) is 2.31. The lowest BCUT2D eigenvalue weighted by Gasteiger charge is -2.38. The predicted octanol–water partition coefficient (Wildman–Crippen LogP) is 5.62. The van der Waals surface area contributed by atoms with Gasteiger partial charge < -0.3 is 4.43 Å². The molecule has 124 valence electrons. The first-order valence-corrected chi connectivity index (χ1v) is 14.6. The first-order chi connectivity index (χ1) is 9.89. The topological polar surface area (TPSA) is 9.23 Å². The van der Waals surface area contributed by atoms with Crippen LogP contribution in [0.2, 0.25) is 37.8 Å². The van der Waals surface area contributed by atoms with Gasteiger partial charge in [-0.1, -0.05) is 53.3 Å². The molecule has 0 fully saturated rings. The van der Waals surface area contributed by atoms with Crippen LogP contribution in [0.4, 0.5) is 0 Å². The van der Waals surface area contributed by atoms with Gasteiger partial charge in [0.2, 0.25) is 0 Å². The second kappa shape index (κ2) is 8.77. The number of allylic oxidation sites excluding steroid dienone is 1. The van der Waals surface area contributed by atoms with E-state index in [1.54, 1.807) is 0 Å². The molecular formula is C19H34OSi2. The number of hydrogen-bond donors (Lipinski definition) is 0. The van der Waals surface area contributed by atoms with Crippen LogP contribution in [-0.4, -0.2) is 22.5 Å². The zero-order valence-corrected chi connectivity index (χ0v) is 18.1. The van der Waals surface area contributed by atoms with Gasteiger partial charge in [0, 0.05) is 12.8 Å². The molecule has 0 aromatic carbocycles. The normalized spacial score (nSPS) is 14.0. The molecule has 22 heavy (non-hydrogen) atoms. The molecule has 0 aromatic rings. The minimum atomic E-state index is -1.78. The van der Waals surface area contributed by atoms with E-state index in [0.29, 0.717) is 0 Å². The summed E-state index contributed by atoms with van der Waals surface area (Å²) < 4.78 is 6.47. The monoisotopic (exact) mass is 334 g/mol. The van der Waals surface area contributed by atoms with E-state index in [9.17, 15) is 0 Å². The summed E-state index contributed by atoms with van der Waals surface area (Å²) in [5, 5.41) is 0.210. The van der Waals surface area contributed by atoms with Gasteiger partial charge in [0.05, 0.1) is 6.10 Å². The summed E-state index contributed by atoms with van der Waals surface area (Å²) >= 11 is 0. The third kappa shape index (κ3) is 9.31. The number of hydrogen-bond acceptors (Lipinski definition) is 1. The summed E-state index contributed by atoms with van der Waals surface area (Å²) in [6.45, 7) is 20.2. The summed E-state index contributed by atoms with van der Waals surface area (Å²) in [4.78, 5) is 0. The quantitative estimate of drug-likeness (QED) is 0.479. The molecule has 0 unspecified atom stereocenters. The van der Waals surface area contributed by atoms with E-state index in [1.165, 1.54) is 0 Å². The highest BCUT2D eigenvalue weighted by Gasteiger charge is 2.38. The summed E-state index contributed by atoms with van der Waals surface area (Å²) in [6.07, 6.45) is 5.76. The molecular weight excluding hydrogens is 300 g/mol. The maximum Gasteiger partial charge on any atom is 0.192 e. The highest BCUT2D eigenvalue weighted by atomic mass is 28.4. The maximum atomic E-state index is 6.47. The van der Waals surface area contributed by atoms with E-state index in [4.69, 9.17) is 4.43 Å². The average molecular weight is 335 g/mol. The van der Waals surface area contributed by atoms with Crippen LogP contribution in [0.3, 0.4) is 0 Å². The smallest absolute Gasteiger partial charge is 0.192 e. The Morgan fingerprint density at radius 1 is 1.05 bits per heavy atom. The van der Waals surface area contributed by atoms with E-state index in [1.807, 2.05) is 6.08 Å². The van der Waals surface area contributed by atoms with Crippen LogP contribution in [0.5, 0.6) is 0 Å². The molecule has 0 aromatic heterocycles. The van der Waals surface area contributed by atoms with Gasteiger partial charge >= 0.3 is 0 Å². The minimum Gasteiger partial charge on any atom is -0.410 e. The van der Waals surface area contributed by atoms with E-state index in [0.717, 1.165) is 12.8 Å². The third-order valence-electron chi connectivity index (χ3n) is 3.70. The Kier molecular flexibility index (Phi) is 8.48. The molecule has 0 spiro atoms. The lowest BCUT2D eigenvalue weighted by atomic mass is 10.2. The van der Waals surface area contributed by atoms with Crippen molar-refractivity contribution in [1.82, 2.24) is 0 Å². The van der Waals surface area contributed by atoms with Crippen molar-refractivity contribution in [3.8, 4) is 23.3 Å². The lowest BCUT2D eigenvalue weighted by molar-refractivity contribution is 0.230. The fourth-order valence-electron chi connectivity index (χ4n) is 1.42. The molecule has 0 heterocycles. The predicted molar refractivity (Wildman–Crippen MR) is 105 cm³/mol. The zero-order valence-electron chi connectivity index (χ0n) is 16.1. The summed E-state index contributed by atoms with van der Waals surface area (Å²) in [5.74, 6) is 9.55. The molecule has 0 saturated carbocycles. The van der Waals surface area contributed by atoms with Crippen LogP contribution in [0.15, 0.2) is 12.2 Å². The maximum absolute atomic E-state index is 6.47. The SMILES string of the molecule is CCC#CC[C@@H](/C=C\C#C[Si](C)(C)C)O[Si](C)(C)C(C)(C)C. The largest absolute Gasteiger partial charge is 0.410 e. The van der Waals surface area contributed by atoms with E-state index >= 15 is 0 Å². The molecule has 0 aliphatic carbocycles. The second-order valence-corrected chi connectivity index (χ2v) is 17.7. The third-order valence-corrected chi connectivity index (χ3v) is 9.10. The van der Waals surface area contributed by atoms with Crippen LogP contribution in [0, 0.1) is 23.3 Å². The first-order valence-electron chi connectivity index (χ1n) is 8.22. The van der Waals surface area contributed by atoms with Crippen molar-refractivity contribution in [2.75, 3.05) is 0 Å². The van der Waals surface area contributed by atoms with Gasteiger partial charge in [-0.05, 0) is 30.3 Å². The molecule has 1 nitrogen and oxygen atoms in total. The van der Waals surface area contributed by atoms with Crippen LogP contribution >= 0.6 is 0 Å². The zero-order chi connectivity index (χ0) is 17.4. The van der Waals surface area contributed by atoms with Crippen molar-refractivity contribution in [2.24, 2.45) is 0 Å². The van der Waals surface area contributed by atoms with Gasteiger partial charge in [-0.2, -0.15) is 0 Å². The Labute approximate surface area is 141 Å². The van der Waals surface area contributed by atoms with Crippen LogP contribution < -0.4 is 0 Å². The molecule has 3 heteroatoms. The highest BCUT2D eigenvalue weighted by Crippen LogP contribution is 2.37. The molecule has 0 saturated heterocycles. The molecule has 0 aliphatic heterocycles. The minimum absolute atomic E-state index is 0.0517. The van der Waals surface area contributed by atoms with Gasteiger partial charge in [-0.25, -0.2) is 0 Å². The fraction of sp³-hybridized carbons (Fsp3) is 0.684. The van der Waals surface area contributed by atoms with Gasteiger partial charge in [0.1, 0.15) is 8.07 Å². The first kappa shape index (κ1) is 21.3. The van der Waals surface area contributed by atoms with E-state index < -0.39 is 16.4 Å². The molecule has 0 aliphatic rings. The van der Waals surface area contributed by atoms with Crippen LogP contribution in [-0.2, 0) is 4.43 Å². The highest BCUT2D eigenvalue weighted by molar-refractivity contribution is 6.83. The van der Waals surface area contributed by atoms with Gasteiger partial charge in [-0.15, -0.1) is 17.4 Å². The Bertz CT molecular complexity index is 482. The van der Waals surface area contributed by atoms with Crippen molar-refractivity contribution in [1.29, 1.82) is 0 Å². The molecule has 0 radical (unpaired) electrons. The van der Waals surface area contributed by atoms with Crippen molar-refractivity contribution in [3.63, 3.8) is 0 Å². The summed E-state index contributed by atoms with van der Waals surface area (Å²) in [7, 11) is -3.09. The van der Waals surface area contributed by atoms with Crippen molar-refractivity contribution in [3.05, 3.63) is 12.2 Å². The van der Waals surface area contributed by atoms with E-state index in [2.05, 4.69) is 89.8 Å². The standard InChI is InChI=1S/C19H34OSi2/c1-10-11-12-15-18(16-13-14-17-21(5,6)7)20-22(8,9)19(2,3)4/h13,16,18H,10,15H2,1-9H3/b16-13-/t18-/m0/s1.